The summed E-state index contributed by atoms with van der Waals surface area (Å²) in [7, 11) is 0. The van der Waals surface area contributed by atoms with Gasteiger partial charge in [0.2, 0.25) is 5.91 Å². The number of nitrogens with one attached hydrogen (secondary N) is 2. The number of nitro groups is 1. The maximum Gasteiger partial charge on any atom is 0.270 e. The molecule has 0 fully saturated rings. The van der Waals surface area contributed by atoms with E-state index in [0.29, 0.717) is 28.2 Å². The number of nitro benzene ring substituents is 1. The summed E-state index contributed by atoms with van der Waals surface area (Å²) in [6.45, 7) is 4.38. The lowest BCUT2D eigenvalue weighted by molar-refractivity contribution is -0.384. The summed E-state index contributed by atoms with van der Waals surface area (Å²) in [6.07, 6.45) is 0. The first-order valence-corrected chi connectivity index (χ1v) is 11.3. The zero-order valence-corrected chi connectivity index (χ0v) is 19.4. The van der Waals surface area contributed by atoms with Gasteiger partial charge >= 0.3 is 0 Å². The second-order valence-electron chi connectivity index (χ2n) is 6.93. The molecule has 0 aliphatic carbocycles. The predicted molar refractivity (Wildman–Crippen MR) is 126 cm³/mol. The number of aryl methyl sites for hydroxylation is 1. The molecule has 2 amide bonds. The van der Waals surface area contributed by atoms with Crippen molar-refractivity contribution in [1.82, 2.24) is 20.1 Å². The third-order valence-electron chi connectivity index (χ3n) is 4.63. The van der Waals surface area contributed by atoms with Crippen LogP contribution in [0, 0.1) is 17.0 Å². The summed E-state index contributed by atoms with van der Waals surface area (Å²) in [4.78, 5) is 35.1. The monoisotopic (exact) mass is 488 g/mol. The van der Waals surface area contributed by atoms with Gasteiger partial charge < -0.3 is 15.2 Å². The van der Waals surface area contributed by atoms with Crippen LogP contribution in [0.25, 0.3) is 0 Å². The van der Waals surface area contributed by atoms with E-state index in [1.165, 1.54) is 36.0 Å². The number of benzene rings is 2. The third-order valence-corrected chi connectivity index (χ3v) is 5.83. The van der Waals surface area contributed by atoms with Gasteiger partial charge in [-0.25, -0.2) is 0 Å². The highest BCUT2D eigenvalue weighted by Crippen LogP contribution is 2.21. The molecule has 172 valence electrons. The van der Waals surface area contributed by atoms with Crippen molar-refractivity contribution in [1.29, 1.82) is 0 Å². The quantitative estimate of drug-likeness (QED) is 0.265. The molecule has 0 bridgehead atoms. The van der Waals surface area contributed by atoms with Crippen molar-refractivity contribution in [3.63, 3.8) is 0 Å². The molecule has 1 heterocycles. The zero-order chi connectivity index (χ0) is 24.0. The number of carbonyl (C=O) groups excluding carboxylic acids is 2. The number of anilines is 1. The molecule has 0 aliphatic heterocycles. The molecule has 10 nitrogen and oxygen atoms in total. The van der Waals surface area contributed by atoms with Crippen LogP contribution in [0.3, 0.4) is 0 Å². The largest absolute Gasteiger partial charge is 0.345 e. The first-order valence-electron chi connectivity index (χ1n) is 9.92. The van der Waals surface area contributed by atoms with Crippen molar-refractivity contribution in [2.24, 2.45) is 0 Å². The maximum atomic E-state index is 12.4. The summed E-state index contributed by atoms with van der Waals surface area (Å²) in [5, 5.41) is 25.8. The predicted octanol–water partition coefficient (Wildman–Crippen LogP) is 3.83. The second kappa shape index (κ2) is 10.9. The fourth-order valence-corrected chi connectivity index (χ4v) is 4.03. The van der Waals surface area contributed by atoms with Crippen LogP contribution in [0.4, 0.5) is 11.4 Å². The van der Waals surface area contributed by atoms with Gasteiger partial charge in [0.15, 0.2) is 11.0 Å². The Hall–Kier alpha value is -3.44. The van der Waals surface area contributed by atoms with Gasteiger partial charge in [0.25, 0.3) is 11.6 Å². The lowest BCUT2D eigenvalue weighted by Gasteiger charge is -2.10. The Kier molecular flexibility index (Phi) is 8.01. The molecule has 2 N–H and O–H groups in total. The van der Waals surface area contributed by atoms with Gasteiger partial charge in [-0.15, -0.1) is 10.2 Å². The number of carbonyl (C=O) groups is 2. The highest BCUT2D eigenvalue weighted by molar-refractivity contribution is 7.99. The van der Waals surface area contributed by atoms with E-state index in [1.807, 2.05) is 13.8 Å². The van der Waals surface area contributed by atoms with Crippen LogP contribution in [0.15, 0.2) is 47.6 Å². The van der Waals surface area contributed by atoms with Crippen LogP contribution < -0.4 is 10.6 Å². The lowest BCUT2D eigenvalue weighted by atomic mass is 10.2. The van der Waals surface area contributed by atoms with Crippen molar-refractivity contribution < 1.29 is 14.5 Å². The number of hydrogen-bond acceptors (Lipinski definition) is 7. The molecule has 12 heteroatoms. The minimum atomic E-state index is -0.557. The highest BCUT2D eigenvalue weighted by atomic mass is 35.5. The molecule has 0 spiro atoms. The van der Waals surface area contributed by atoms with E-state index in [-0.39, 0.29) is 29.5 Å². The van der Waals surface area contributed by atoms with E-state index in [1.54, 1.807) is 22.8 Å². The normalized spacial score (nSPS) is 10.6. The number of non-ortho nitro benzene ring substituents is 1. The average molecular weight is 489 g/mol. The minimum Gasteiger partial charge on any atom is -0.345 e. The smallest absolute Gasteiger partial charge is 0.270 e. The van der Waals surface area contributed by atoms with Crippen LogP contribution in [0.2, 0.25) is 5.02 Å². The third kappa shape index (κ3) is 6.30. The molecule has 2 aromatic carbocycles. The van der Waals surface area contributed by atoms with E-state index < -0.39 is 10.8 Å². The number of thioether (sulfide) groups is 1. The van der Waals surface area contributed by atoms with Crippen LogP contribution >= 0.6 is 23.4 Å². The SMILES string of the molecule is CCn1c(CNC(=O)c2cccc([N+](=O)[O-])c2)nnc1SCC(=O)Nc1ccc(Cl)cc1C. The van der Waals surface area contributed by atoms with Gasteiger partial charge in [-0.2, -0.15) is 0 Å². The van der Waals surface area contributed by atoms with E-state index in [9.17, 15) is 19.7 Å². The van der Waals surface area contributed by atoms with Crippen LogP contribution in [0.1, 0.15) is 28.7 Å². The number of aromatic nitrogens is 3. The van der Waals surface area contributed by atoms with E-state index in [2.05, 4.69) is 20.8 Å². The molecule has 3 rings (SSSR count). The molecule has 0 atom stereocenters. The molecule has 0 aliphatic rings. The number of nitrogens with zero attached hydrogens (tertiary/aromatic N) is 4. The van der Waals surface area contributed by atoms with Crippen LogP contribution in [-0.4, -0.2) is 37.3 Å². The molecule has 0 unspecified atom stereocenters. The Balaban J connectivity index is 1.59. The number of hydrogen-bond donors (Lipinski definition) is 2. The second-order valence-corrected chi connectivity index (χ2v) is 8.31. The Morgan fingerprint density at radius 3 is 2.70 bits per heavy atom. The van der Waals surface area contributed by atoms with Gasteiger partial charge in [-0.3, -0.25) is 19.7 Å². The van der Waals surface area contributed by atoms with Crippen molar-refractivity contribution >= 4 is 46.6 Å². The van der Waals surface area contributed by atoms with Crippen LogP contribution in [0.5, 0.6) is 0 Å². The van der Waals surface area contributed by atoms with E-state index in [0.717, 1.165) is 5.56 Å². The molecule has 3 aromatic rings. The minimum absolute atomic E-state index is 0.0824. The average Bonchev–Trinajstić information content (AvgIpc) is 3.19. The summed E-state index contributed by atoms with van der Waals surface area (Å²) >= 11 is 7.17. The van der Waals surface area contributed by atoms with Gasteiger partial charge in [-0.05, 0) is 43.7 Å². The maximum absolute atomic E-state index is 12.4. The topological polar surface area (TPSA) is 132 Å². The van der Waals surface area contributed by atoms with Crippen molar-refractivity contribution in [2.75, 3.05) is 11.1 Å². The fraction of sp³-hybridized carbons (Fsp3) is 0.238. The van der Waals surface area contributed by atoms with Gasteiger partial charge in [0.05, 0.1) is 17.2 Å². The summed E-state index contributed by atoms with van der Waals surface area (Å²) in [5.41, 5.74) is 1.56. The molecule has 0 radical (unpaired) electrons. The summed E-state index contributed by atoms with van der Waals surface area (Å²) < 4.78 is 1.79. The molecule has 0 saturated heterocycles. The Morgan fingerprint density at radius 2 is 2.00 bits per heavy atom. The Labute approximate surface area is 198 Å². The van der Waals surface area contributed by atoms with Crippen molar-refractivity contribution in [3.8, 4) is 0 Å². The summed E-state index contributed by atoms with van der Waals surface area (Å²) in [5.74, 6) is -0.0270. The number of rotatable bonds is 9. The van der Waals surface area contributed by atoms with Gasteiger partial charge in [-0.1, -0.05) is 29.4 Å². The first-order chi connectivity index (χ1) is 15.8. The number of halogens is 1. The van der Waals surface area contributed by atoms with E-state index in [4.69, 9.17) is 11.6 Å². The Morgan fingerprint density at radius 1 is 1.21 bits per heavy atom. The Bertz CT molecular complexity index is 1200. The van der Waals surface area contributed by atoms with E-state index >= 15 is 0 Å². The molecule has 33 heavy (non-hydrogen) atoms. The molecular weight excluding hydrogens is 468 g/mol. The van der Waals surface area contributed by atoms with Gasteiger partial charge in [0, 0.05) is 35.0 Å². The molecule has 0 saturated carbocycles. The lowest BCUT2D eigenvalue weighted by Crippen LogP contribution is -2.25. The highest BCUT2D eigenvalue weighted by Gasteiger charge is 2.16. The summed E-state index contributed by atoms with van der Waals surface area (Å²) in [6, 6.07) is 10.7. The standard InChI is InChI=1S/C21H21ClN6O4S/c1-3-27-18(11-23-20(30)14-5-4-6-16(10-14)28(31)32)25-26-21(27)33-12-19(29)24-17-8-7-15(22)9-13(17)2/h4-10H,3,11-12H2,1-2H3,(H,23,30)(H,24,29). The fourth-order valence-electron chi connectivity index (χ4n) is 2.98. The van der Waals surface area contributed by atoms with Crippen LogP contribution in [-0.2, 0) is 17.9 Å². The number of amides is 2. The van der Waals surface area contributed by atoms with Crippen molar-refractivity contribution in [3.05, 3.63) is 74.6 Å². The van der Waals surface area contributed by atoms with Gasteiger partial charge in [0.1, 0.15) is 0 Å². The van der Waals surface area contributed by atoms with Crippen molar-refractivity contribution in [2.45, 2.75) is 32.1 Å². The zero-order valence-electron chi connectivity index (χ0n) is 17.9. The molecular formula is C21H21ClN6O4S. The molecule has 1 aromatic heterocycles. The first kappa shape index (κ1) is 24.2.